The Kier molecular flexibility index (Phi) is 9.15. The van der Waals surface area contributed by atoms with Crippen LogP contribution in [0.15, 0.2) is 48.5 Å². The SMILES string of the molecule is CCC(C(=O)NC1CCCC1)N(Cc1cccc(C)c1)C(=O)CSCc1ccc(F)cc1. The van der Waals surface area contributed by atoms with Gasteiger partial charge in [0.15, 0.2) is 0 Å². The monoisotopic (exact) mass is 456 g/mol. The maximum absolute atomic E-state index is 13.3. The number of thioether (sulfide) groups is 1. The number of aryl methyl sites for hydroxylation is 1. The summed E-state index contributed by atoms with van der Waals surface area (Å²) in [5, 5.41) is 3.17. The second-order valence-electron chi connectivity index (χ2n) is 8.54. The first kappa shape index (κ1) is 24.3. The summed E-state index contributed by atoms with van der Waals surface area (Å²) < 4.78 is 13.1. The van der Waals surface area contributed by atoms with Gasteiger partial charge in [-0.3, -0.25) is 9.59 Å². The number of hydrogen-bond donors (Lipinski definition) is 1. The van der Waals surface area contributed by atoms with Gasteiger partial charge in [-0.25, -0.2) is 4.39 Å². The molecule has 3 rings (SSSR count). The minimum Gasteiger partial charge on any atom is -0.352 e. The third kappa shape index (κ3) is 7.09. The van der Waals surface area contributed by atoms with Crippen LogP contribution in [0.2, 0.25) is 0 Å². The third-order valence-corrected chi connectivity index (χ3v) is 6.92. The largest absolute Gasteiger partial charge is 0.352 e. The van der Waals surface area contributed by atoms with E-state index in [0.29, 0.717) is 18.7 Å². The zero-order chi connectivity index (χ0) is 22.9. The van der Waals surface area contributed by atoms with Gasteiger partial charge in [-0.2, -0.15) is 0 Å². The molecular formula is C26H33FN2O2S. The van der Waals surface area contributed by atoms with Gasteiger partial charge in [0.1, 0.15) is 11.9 Å². The fraction of sp³-hybridized carbons (Fsp3) is 0.462. The molecule has 32 heavy (non-hydrogen) atoms. The molecule has 0 aliphatic heterocycles. The predicted octanol–water partition coefficient (Wildman–Crippen LogP) is 5.23. The van der Waals surface area contributed by atoms with Gasteiger partial charge in [-0.05, 0) is 49.4 Å². The summed E-state index contributed by atoms with van der Waals surface area (Å²) in [5.74, 6) is 0.528. The summed E-state index contributed by atoms with van der Waals surface area (Å²) in [6.07, 6.45) is 4.89. The van der Waals surface area contributed by atoms with Crippen LogP contribution in [-0.4, -0.2) is 34.6 Å². The highest BCUT2D eigenvalue weighted by Crippen LogP contribution is 2.21. The number of rotatable bonds is 10. The smallest absolute Gasteiger partial charge is 0.243 e. The minimum absolute atomic E-state index is 0.0490. The maximum atomic E-state index is 13.3. The van der Waals surface area contributed by atoms with E-state index in [0.717, 1.165) is 42.4 Å². The quantitative estimate of drug-likeness (QED) is 0.532. The molecule has 172 valence electrons. The van der Waals surface area contributed by atoms with Crippen LogP contribution in [0.4, 0.5) is 4.39 Å². The Morgan fingerprint density at radius 1 is 1.12 bits per heavy atom. The van der Waals surface area contributed by atoms with Crippen molar-refractivity contribution in [2.75, 3.05) is 5.75 Å². The Labute approximate surface area is 195 Å². The van der Waals surface area contributed by atoms with Crippen LogP contribution in [0.5, 0.6) is 0 Å². The average molecular weight is 457 g/mol. The molecule has 2 aromatic rings. The Morgan fingerprint density at radius 2 is 1.84 bits per heavy atom. The molecule has 2 amide bonds. The molecule has 1 atom stereocenters. The van der Waals surface area contributed by atoms with Crippen molar-refractivity contribution < 1.29 is 14.0 Å². The normalized spacial score (nSPS) is 14.8. The Morgan fingerprint density at radius 3 is 2.50 bits per heavy atom. The summed E-state index contributed by atoms with van der Waals surface area (Å²) in [5.41, 5.74) is 3.12. The molecule has 0 spiro atoms. The average Bonchev–Trinajstić information content (AvgIpc) is 3.28. The number of halogens is 1. The molecule has 1 unspecified atom stereocenters. The van der Waals surface area contributed by atoms with E-state index in [1.165, 1.54) is 23.9 Å². The number of carbonyl (C=O) groups excluding carboxylic acids is 2. The molecule has 2 aromatic carbocycles. The highest BCUT2D eigenvalue weighted by molar-refractivity contribution is 7.99. The molecule has 0 heterocycles. The van der Waals surface area contributed by atoms with Crippen LogP contribution in [0.25, 0.3) is 0 Å². The van der Waals surface area contributed by atoms with E-state index in [4.69, 9.17) is 0 Å². The fourth-order valence-electron chi connectivity index (χ4n) is 4.21. The zero-order valence-corrected chi connectivity index (χ0v) is 19.8. The standard InChI is InChI=1S/C26H33FN2O2S/c1-3-24(26(31)28-23-9-4-5-10-23)29(16-21-8-6-7-19(2)15-21)25(30)18-32-17-20-11-13-22(27)14-12-20/h6-8,11-15,23-24H,3-5,9-10,16-18H2,1-2H3,(H,28,31). The van der Waals surface area contributed by atoms with Crippen molar-refractivity contribution in [1.29, 1.82) is 0 Å². The Balaban J connectivity index is 1.69. The van der Waals surface area contributed by atoms with E-state index in [1.807, 2.05) is 32.0 Å². The predicted molar refractivity (Wildman–Crippen MR) is 129 cm³/mol. The fourth-order valence-corrected chi connectivity index (χ4v) is 5.08. The summed E-state index contributed by atoms with van der Waals surface area (Å²) in [4.78, 5) is 28.1. The lowest BCUT2D eigenvalue weighted by molar-refractivity contribution is -0.139. The first-order valence-corrected chi connectivity index (χ1v) is 12.6. The highest BCUT2D eigenvalue weighted by Gasteiger charge is 2.30. The number of amides is 2. The van der Waals surface area contributed by atoms with Gasteiger partial charge in [0.2, 0.25) is 11.8 Å². The molecule has 6 heteroatoms. The first-order chi connectivity index (χ1) is 15.5. The van der Waals surface area contributed by atoms with Crippen LogP contribution in [-0.2, 0) is 21.9 Å². The van der Waals surface area contributed by atoms with Crippen molar-refractivity contribution in [3.05, 3.63) is 71.0 Å². The molecule has 0 aromatic heterocycles. The van der Waals surface area contributed by atoms with Crippen molar-refractivity contribution >= 4 is 23.6 Å². The number of hydrogen-bond acceptors (Lipinski definition) is 3. The number of nitrogens with zero attached hydrogens (tertiary/aromatic N) is 1. The van der Waals surface area contributed by atoms with Crippen molar-refractivity contribution in [3.8, 4) is 0 Å². The van der Waals surface area contributed by atoms with Gasteiger partial charge in [0.05, 0.1) is 5.75 Å². The van der Waals surface area contributed by atoms with Crippen LogP contribution >= 0.6 is 11.8 Å². The van der Waals surface area contributed by atoms with Gasteiger partial charge in [0.25, 0.3) is 0 Å². The van der Waals surface area contributed by atoms with Gasteiger partial charge < -0.3 is 10.2 Å². The van der Waals surface area contributed by atoms with E-state index in [2.05, 4.69) is 11.4 Å². The van der Waals surface area contributed by atoms with Crippen molar-refractivity contribution in [1.82, 2.24) is 10.2 Å². The maximum Gasteiger partial charge on any atom is 0.243 e. The second kappa shape index (κ2) is 12.0. The van der Waals surface area contributed by atoms with Gasteiger partial charge >= 0.3 is 0 Å². The molecule has 0 bridgehead atoms. The second-order valence-corrected chi connectivity index (χ2v) is 9.53. The lowest BCUT2D eigenvalue weighted by Crippen LogP contribution is -2.51. The van der Waals surface area contributed by atoms with Gasteiger partial charge in [0, 0.05) is 18.3 Å². The first-order valence-electron chi connectivity index (χ1n) is 11.4. The summed E-state index contributed by atoms with van der Waals surface area (Å²) in [6.45, 7) is 4.40. The van der Waals surface area contributed by atoms with E-state index in [-0.39, 0.29) is 29.4 Å². The molecule has 4 nitrogen and oxygen atoms in total. The molecule has 1 N–H and O–H groups in total. The summed E-state index contributed by atoms with van der Waals surface area (Å²) >= 11 is 1.49. The zero-order valence-electron chi connectivity index (χ0n) is 19.0. The van der Waals surface area contributed by atoms with Crippen LogP contribution in [0, 0.1) is 12.7 Å². The van der Waals surface area contributed by atoms with Gasteiger partial charge in [-0.15, -0.1) is 11.8 Å². The molecule has 1 aliphatic rings. The third-order valence-electron chi connectivity index (χ3n) is 5.93. The van der Waals surface area contributed by atoms with E-state index < -0.39 is 6.04 Å². The molecule has 0 radical (unpaired) electrons. The number of benzene rings is 2. The van der Waals surface area contributed by atoms with Gasteiger partial charge in [-0.1, -0.05) is 61.7 Å². The molecule has 1 aliphatic carbocycles. The number of nitrogens with one attached hydrogen (secondary N) is 1. The topological polar surface area (TPSA) is 49.4 Å². The van der Waals surface area contributed by atoms with E-state index >= 15 is 0 Å². The lowest BCUT2D eigenvalue weighted by Gasteiger charge is -2.31. The molecule has 0 saturated heterocycles. The van der Waals surface area contributed by atoms with Crippen LogP contribution in [0.1, 0.15) is 55.7 Å². The summed E-state index contributed by atoms with van der Waals surface area (Å²) in [6, 6.07) is 14.1. The van der Waals surface area contributed by atoms with E-state index in [9.17, 15) is 14.0 Å². The van der Waals surface area contributed by atoms with Crippen molar-refractivity contribution in [3.63, 3.8) is 0 Å². The Bertz CT molecular complexity index is 897. The molecule has 1 saturated carbocycles. The lowest BCUT2D eigenvalue weighted by atomic mass is 10.1. The highest BCUT2D eigenvalue weighted by atomic mass is 32.2. The molecule has 1 fully saturated rings. The molecular weight excluding hydrogens is 423 g/mol. The van der Waals surface area contributed by atoms with E-state index in [1.54, 1.807) is 17.0 Å². The van der Waals surface area contributed by atoms with Crippen LogP contribution in [0.3, 0.4) is 0 Å². The van der Waals surface area contributed by atoms with Crippen molar-refractivity contribution in [2.24, 2.45) is 0 Å². The van der Waals surface area contributed by atoms with Crippen LogP contribution < -0.4 is 5.32 Å². The number of carbonyl (C=O) groups is 2. The van der Waals surface area contributed by atoms with Crippen molar-refractivity contribution in [2.45, 2.75) is 70.3 Å². The Hall–Kier alpha value is -2.34. The minimum atomic E-state index is -0.491. The summed E-state index contributed by atoms with van der Waals surface area (Å²) in [7, 11) is 0.